The van der Waals surface area contributed by atoms with Crippen LogP contribution in [-0.4, -0.2) is 23.4 Å². The van der Waals surface area contributed by atoms with E-state index in [4.69, 9.17) is 9.47 Å². The second-order valence-corrected chi connectivity index (χ2v) is 7.02. The molecule has 1 aromatic heterocycles. The zero-order valence-corrected chi connectivity index (χ0v) is 17.4. The first-order valence-corrected chi connectivity index (χ1v) is 9.86. The SMILES string of the molecule is C=CCOC(=O)Nc1cccc(-c2c(C#N)c3ccc(OC(C)C)cc3n2CC)c1. The maximum atomic E-state index is 11.9. The minimum Gasteiger partial charge on any atom is -0.491 e. The number of nitrogens with one attached hydrogen (secondary N) is 1. The minimum absolute atomic E-state index is 0.0611. The number of nitriles is 1. The van der Waals surface area contributed by atoms with Gasteiger partial charge in [-0.25, -0.2) is 4.79 Å². The van der Waals surface area contributed by atoms with Gasteiger partial charge in [0, 0.05) is 29.2 Å². The molecule has 2 aromatic carbocycles. The Bertz CT molecular complexity index is 1120. The summed E-state index contributed by atoms with van der Waals surface area (Å²) in [5.74, 6) is 0.765. The number of anilines is 1. The number of carbonyl (C=O) groups excluding carboxylic acids is 1. The summed E-state index contributed by atoms with van der Waals surface area (Å²) in [6, 6.07) is 15.5. The molecule has 3 aromatic rings. The zero-order chi connectivity index (χ0) is 21.7. The number of ether oxygens (including phenoxy) is 2. The van der Waals surface area contributed by atoms with Crippen LogP contribution in [0.4, 0.5) is 10.5 Å². The average molecular weight is 403 g/mol. The summed E-state index contributed by atoms with van der Waals surface area (Å²) in [7, 11) is 0. The molecule has 154 valence electrons. The van der Waals surface area contributed by atoms with Crippen LogP contribution in [0.25, 0.3) is 22.2 Å². The van der Waals surface area contributed by atoms with Gasteiger partial charge in [-0.15, -0.1) is 0 Å². The van der Waals surface area contributed by atoms with E-state index in [0.29, 0.717) is 17.8 Å². The van der Waals surface area contributed by atoms with Gasteiger partial charge in [-0.3, -0.25) is 5.32 Å². The van der Waals surface area contributed by atoms with E-state index in [-0.39, 0.29) is 12.7 Å². The fourth-order valence-electron chi connectivity index (χ4n) is 3.45. The third-order valence-corrected chi connectivity index (χ3v) is 4.55. The van der Waals surface area contributed by atoms with E-state index in [1.807, 2.05) is 57.2 Å². The smallest absolute Gasteiger partial charge is 0.411 e. The van der Waals surface area contributed by atoms with E-state index in [2.05, 4.69) is 22.5 Å². The molecule has 1 N–H and O–H groups in total. The lowest BCUT2D eigenvalue weighted by molar-refractivity contribution is 0.174. The first-order valence-electron chi connectivity index (χ1n) is 9.86. The van der Waals surface area contributed by atoms with Crippen molar-refractivity contribution in [3.05, 3.63) is 60.7 Å². The van der Waals surface area contributed by atoms with Gasteiger partial charge in [0.05, 0.1) is 22.9 Å². The number of carbonyl (C=O) groups is 1. The summed E-state index contributed by atoms with van der Waals surface area (Å²) >= 11 is 0. The molecule has 0 bridgehead atoms. The topological polar surface area (TPSA) is 76.3 Å². The van der Waals surface area contributed by atoms with Crippen LogP contribution in [0.15, 0.2) is 55.1 Å². The van der Waals surface area contributed by atoms with Gasteiger partial charge in [-0.05, 0) is 45.0 Å². The van der Waals surface area contributed by atoms with E-state index in [1.165, 1.54) is 6.08 Å². The number of amides is 1. The van der Waals surface area contributed by atoms with Crippen LogP contribution in [0.5, 0.6) is 5.75 Å². The van der Waals surface area contributed by atoms with Crippen LogP contribution < -0.4 is 10.1 Å². The van der Waals surface area contributed by atoms with E-state index in [1.54, 1.807) is 6.07 Å². The Morgan fingerprint density at radius 3 is 2.77 bits per heavy atom. The number of nitrogens with zero attached hydrogens (tertiary/aromatic N) is 2. The maximum absolute atomic E-state index is 11.9. The van der Waals surface area contributed by atoms with Crippen LogP contribution in [0.2, 0.25) is 0 Å². The highest BCUT2D eigenvalue weighted by Gasteiger charge is 2.19. The quantitative estimate of drug-likeness (QED) is 0.512. The molecule has 1 amide bonds. The Kier molecular flexibility index (Phi) is 6.43. The molecular formula is C24H25N3O3. The number of hydrogen-bond acceptors (Lipinski definition) is 4. The van der Waals surface area contributed by atoms with Crippen LogP contribution in [0.3, 0.4) is 0 Å². The van der Waals surface area contributed by atoms with Crippen molar-refractivity contribution in [2.75, 3.05) is 11.9 Å². The lowest BCUT2D eigenvalue weighted by atomic mass is 10.1. The van der Waals surface area contributed by atoms with Gasteiger partial charge in [0.25, 0.3) is 0 Å². The molecule has 0 spiro atoms. The molecule has 0 radical (unpaired) electrons. The summed E-state index contributed by atoms with van der Waals surface area (Å²) in [5, 5.41) is 13.5. The predicted octanol–water partition coefficient (Wildman–Crippen LogP) is 5.72. The second-order valence-electron chi connectivity index (χ2n) is 7.02. The molecule has 1 heterocycles. The molecule has 6 nitrogen and oxygen atoms in total. The summed E-state index contributed by atoms with van der Waals surface area (Å²) in [6.45, 7) is 10.3. The fourth-order valence-corrected chi connectivity index (χ4v) is 3.45. The molecule has 0 aliphatic heterocycles. The molecule has 0 aliphatic carbocycles. The molecule has 6 heteroatoms. The lowest BCUT2D eigenvalue weighted by Gasteiger charge is -2.12. The van der Waals surface area contributed by atoms with Gasteiger partial charge in [-0.1, -0.05) is 24.8 Å². The van der Waals surface area contributed by atoms with E-state index in [9.17, 15) is 10.1 Å². The van der Waals surface area contributed by atoms with Gasteiger partial charge in [0.15, 0.2) is 0 Å². The largest absolute Gasteiger partial charge is 0.491 e. The Morgan fingerprint density at radius 2 is 2.10 bits per heavy atom. The highest BCUT2D eigenvalue weighted by atomic mass is 16.5. The Morgan fingerprint density at radius 1 is 1.30 bits per heavy atom. The molecular weight excluding hydrogens is 378 g/mol. The van der Waals surface area contributed by atoms with E-state index < -0.39 is 6.09 Å². The van der Waals surface area contributed by atoms with Crippen molar-refractivity contribution in [3.8, 4) is 23.1 Å². The highest BCUT2D eigenvalue weighted by molar-refractivity contribution is 5.96. The molecule has 0 saturated heterocycles. The maximum Gasteiger partial charge on any atom is 0.411 e. The first kappa shape index (κ1) is 21.0. The minimum atomic E-state index is -0.556. The third kappa shape index (κ3) is 4.31. The molecule has 0 aliphatic rings. The molecule has 30 heavy (non-hydrogen) atoms. The number of benzene rings is 2. The van der Waals surface area contributed by atoms with Crippen molar-refractivity contribution >= 4 is 22.7 Å². The number of aryl methyl sites for hydroxylation is 1. The highest BCUT2D eigenvalue weighted by Crippen LogP contribution is 2.36. The van der Waals surface area contributed by atoms with Gasteiger partial charge in [-0.2, -0.15) is 5.26 Å². The summed E-state index contributed by atoms with van der Waals surface area (Å²) in [4.78, 5) is 11.9. The fraction of sp³-hybridized carbons (Fsp3) is 0.250. The van der Waals surface area contributed by atoms with Gasteiger partial charge >= 0.3 is 6.09 Å². The number of rotatable bonds is 7. The Hall–Kier alpha value is -3.72. The first-order chi connectivity index (χ1) is 14.5. The van der Waals surface area contributed by atoms with E-state index >= 15 is 0 Å². The number of hydrogen-bond donors (Lipinski definition) is 1. The third-order valence-electron chi connectivity index (χ3n) is 4.55. The molecule has 0 fully saturated rings. The lowest BCUT2D eigenvalue weighted by Crippen LogP contribution is -2.13. The number of aromatic nitrogens is 1. The Balaban J connectivity index is 2.09. The molecule has 0 saturated carbocycles. The zero-order valence-electron chi connectivity index (χ0n) is 17.4. The summed E-state index contributed by atoms with van der Waals surface area (Å²) in [6.07, 6.45) is 1.01. The van der Waals surface area contributed by atoms with Gasteiger partial charge in [0.1, 0.15) is 18.4 Å². The average Bonchev–Trinajstić information content (AvgIpc) is 3.04. The summed E-state index contributed by atoms with van der Waals surface area (Å²) in [5.41, 5.74) is 3.75. The van der Waals surface area contributed by atoms with Crippen molar-refractivity contribution in [2.24, 2.45) is 0 Å². The van der Waals surface area contributed by atoms with Gasteiger partial charge < -0.3 is 14.0 Å². The van der Waals surface area contributed by atoms with E-state index in [0.717, 1.165) is 27.9 Å². The molecule has 0 unspecified atom stereocenters. The van der Waals surface area contributed by atoms with Crippen molar-refractivity contribution in [1.29, 1.82) is 5.26 Å². The van der Waals surface area contributed by atoms with Gasteiger partial charge in [0.2, 0.25) is 0 Å². The van der Waals surface area contributed by atoms with Crippen LogP contribution in [-0.2, 0) is 11.3 Å². The van der Waals surface area contributed by atoms with Crippen LogP contribution in [0, 0.1) is 11.3 Å². The van der Waals surface area contributed by atoms with Crippen molar-refractivity contribution in [1.82, 2.24) is 4.57 Å². The second kappa shape index (κ2) is 9.19. The Labute approximate surface area is 176 Å². The normalized spacial score (nSPS) is 10.6. The van der Waals surface area contributed by atoms with Crippen LogP contribution >= 0.6 is 0 Å². The standard InChI is InChI=1S/C24H25N3O3/c1-5-12-29-24(28)26-18-9-7-8-17(13-18)23-21(15-25)20-11-10-19(30-16(3)4)14-22(20)27(23)6-2/h5,7-11,13-14,16H,1,6,12H2,2-4H3,(H,26,28). The summed E-state index contributed by atoms with van der Waals surface area (Å²) < 4.78 is 12.9. The van der Waals surface area contributed by atoms with Crippen molar-refractivity contribution in [2.45, 2.75) is 33.4 Å². The number of fused-ring (bicyclic) bond motifs is 1. The monoisotopic (exact) mass is 403 g/mol. The molecule has 0 atom stereocenters. The van der Waals surface area contributed by atoms with Crippen molar-refractivity contribution in [3.63, 3.8) is 0 Å². The molecule has 3 rings (SSSR count). The van der Waals surface area contributed by atoms with Crippen molar-refractivity contribution < 1.29 is 14.3 Å². The van der Waals surface area contributed by atoms with Crippen LogP contribution in [0.1, 0.15) is 26.3 Å². The predicted molar refractivity (Wildman–Crippen MR) is 119 cm³/mol.